The Bertz CT molecular complexity index is 1090. The van der Waals surface area contributed by atoms with Gasteiger partial charge in [0, 0.05) is 29.0 Å². The molecule has 2 atom stereocenters. The first-order valence-electron chi connectivity index (χ1n) is 8.25. The average molecular weight is 352 g/mol. The highest BCUT2D eigenvalue weighted by Gasteiger charge is 2.38. The maximum absolute atomic E-state index is 14.3. The Hall–Kier alpha value is -2.45. The van der Waals surface area contributed by atoms with Crippen molar-refractivity contribution in [2.45, 2.75) is 32.6 Å². The number of hydrogen-bond donors (Lipinski definition) is 0. The maximum Gasteiger partial charge on any atom is 0.258 e. The van der Waals surface area contributed by atoms with Gasteiger partial charge in [0.15, 0.2) is 4.96 Å². The minimum atomic E-state index is -0.415. The van der Waals surface area contributed by atoms with Crippen molar-refractivity contribution >= 4 is 16.3 Å². The molecule has 126 valence electrons. The molecule has 25 heavy (non-hydrogen) atoms. The van der Waals surface area contributed by atoms with Crippen LogP contribution < -0.4 is 5.56 Å². The summed E-state index contributed by atoms with van der Waals surface area (Å²) in [6.07, 6.45) is 6.68. The molecule has 5 heteroatoms. The van der Waals surface area contributed by atoms with Crippen LogP contribution in [0.3, 0.4) is 0 Å². The quantitative estimate of drug-likeness (QED) is 0.670. The maximum atomic E-state index is 14.3. The lowest BCUT2D eigenvalue weighted by molar-refractivity contribution is 0.609. The Morgan fingerprint density at radius 1 is 1.48 bits per heavy atom. The average Bonchev–Trinajstić information content (AvgIpc) is 3.18. The third-order valence-electron chi connectivity index (χ3n) is 4.85. The van der Waals surface area contributed by atoms with Crippen molar-refractivity contribution in [2.75, 3.05) is 0 Å². The topological polar surface area (TPSA) is 34.4 Å². The molecule has 4 rings (SSSR count). The van der Waals surface area contributed by atoms with Crippen LogP contribution in [0, 0.1) is 31.0 Å². The summed E-state index contributed by atoms with van der Waals surface area (Å²) in [5.41, 5.74) is 2.25. The summed E-state index contributed by atoms with van der Waals surface area (Å²) >= 11 is 1.53. The van der Waals surface area contributed by atoms with Crippen LogP contribution in [0.25, 0.3) is 4.96 Å². The molecule has 0 N–H and O–H groups in total. The van der Waals surface area contributed by atoms with Gasteiger partial charge in [-0.1, -0.05) is 25.0 Å². The molecule has 1 aromatic carbocycles. The van der Waals surface area contributed by atoms with Crippen LogP contribution in [0.5, 0.6) is 0 Å². The van der Waals surface area contributed by atoms with Gasteiger partial charge in [0.2, 0.25) is 0 Å². The Morgan fingerprint density at radius 2 is 2.24 bits per heavy atom. The molecule has 0 amide bonds. The van der Waals surface area contributed by atoms with Crippen molar-refractivity contribution in [2.24, 2.45) is 5.92 Å². The lowest BCUT2D eigenvalue weighted by Gasteiger charge is -2.06. The Kier molecular flexibility index (Phi) is 3.73. The lowest BCUT2D eigenvalue weighted by atomic mass is 10.1. The van der Waals surface area contributed by atoms with Gasteiger partial charge in [-0.2, -0.15) is 0 Å². The monoisotopic (exact) mass is 352 g/mol. The summed E-state index contributed by atoms with van der Waals surface area (Å²) in [5.74, 6) is 2.99. The smallest absolute Gasteiger partial charge is 0.258 e. The number of nitrogens with zero attached hydrogens (tertiary/aromatic N) is 2. The van der Waals surface area contributed by atoms with Gasteiger partial charge < -0.3 is 0 Å². The van der Waals surface area contributed by atoms with Gasteiger partial charge in [-0.25, -0.2) is 9.37 Å². The van der Waals surface area contributed by atoms with E-state index in [-0.39, 0.29) is 17.5 Å². The van der Waals surface area contributed by atoms with Crippen LogP contribution in [-0.4, -0.2) is 9.38 Å². The van der Waals surface area contributed by atoms with Crippen LogP contribution >= 0.6 is 11.3 Å². The summed E-state index contributed by atoms with van der Waals surface area (Å²) in [4.78, 5) is 19.1. The molecular weight excluding hydrogens is 335 g/mol. The Labute approximate surface area is 149 Å². The predicted molar refractivity (Wildman–Crippen MR) is 97.7 cm³/mol. The first kappa shape index (κ1) is 16.0. The number of aryl methyl sites for hydroxylation is 1. The molecule has 3 aromatic rings. The third-order valence-corrected chi connectivity index (χ3v) is 5.83. The SMILES string of the molecule is C#Cc1cccc(Cc2cc(=O)n3c(C4CC4C)c(C)sc3n2)c1F. The molecule has 3 nitrogen and oxygen atoms in total. The molecule has 0 radical (unpaired) electrons. The highest BCUT2D eigenvalue weighted by molar-refractivity contribution is 7.17. The second-order valence-electron chi connectivity index (χ2n) is 6.67. The summed E-state index contributed by atoms with van der Waals surface area (Å²) in [6, 6.07) is 6.48. The van der Waals surface area contributed by atoms with Gasteiger partial charge >= 0.3 is 0 Å². The first-order chi connectivity index (χ1) is 12.0. The number of aromatic nitrogens is 2. The Balaban J connectivity index is 1.78. The van der Waals surface area contributed by atoms with Gasteiger partial charge in [0.05, 0.1) is 11.3 Å². The number of hydrogen-bond acceptors (Lipinski definition) is 3. The number of benzene rings is 1. The Morgan fingerprint density at radius 3 is 2.92 bits per heavy atom. The van der Waals surface area contributed by atoms with Crippen molar-refractivity contribution in [3.8, 4) is 12.3 Å². The molecule has 1 saturated carbocycles. The molecule has 1 aliphatic rings. The van der Waals surface area contributed by atoms with E-state index in [2.05, 4.69) is 17.8 Å². The highest BCUT2D eigenvalue weighted by atomic mass is 32.1. The van der Waals surface area contributed by atoms with E-state index in [4.69, 9.17) is 6.42 Å². The van der Waals surface area contributed by atoms with Gasteiger partial charge in [0.25, 0.3) is 5.56 Å². The molecule has 0 saturated heterocycles. The zero-order chi connectivity index (χ0) is 17.7. The molecule has 1 aliphatic carbocycles. The summed E-state index contributed by atoms with van der Waals surface area (Å²) < 4.78 is 16.1. The minimum Gasteiger partial charge on any atom is -0.269 e. The molecule has 0 aliphatic heterocycles. The second kappa shape index (κ2) is 5.82. The summed E-state index contributed by atoms with van der Waals surface area (Å²) in [6.45, 7) is 4.23. The van der Waals surface area contributed by atoms with Crippen LogP contribution in [-0.2, 0) is 6.42 Å². The molecule has 0 bridgehead atoms. The molecule has 1 fully saturated rings. The fraction of sp³-hybridized carbons (Fsp3) is 0.300. The fourth-order valence-electron chi connectivity index (χ4n) is 3.39. The van der Waals surface area contributed by atoms with E-state index in [0.29, 0.717) is 28.1 Å². The van der Waals surface area contributed by atoms with E-state index < -0.39 is 5.82 Å². The van der Waals surface area contributed by atoms with Gasteiger partial charge in [-0.3, -0.25) is 9.20 Å². The van der Waals surface area contributed by atoms with E-state index in [0.717, 1.165) is 17.0 Å². The standard InChI is InChI=1S/C20H17FN2OS/c1-4-13-6-5-7-14(18(13)21)9-15-10-17(24)23-19(16-8-11(16)2)12(3)25-20(23)22-15/h1,5-7,10-11,16H,8-9H2,2-3H3. The highest BCUT2D eigenvalue weighted by Crippen LogP contribution is 2.48. The van der Waals surface area contributed by atoms with Crippen molar-refractivity contribution in [1.29, 1.82) is 0 Å². The van der Waals surface area contributed by atoms with Crippen molar-refractivity contribution < 1.29 is 4.39 Å². The largest absolute Gasteiger partial charge is 0.269 e. The minimum absolute atomic E-state index is 0.0908. The third kappa shape index (κ3) is 2.67. The molecule has 2 heterocycles. The molecule has 0 spiro atoms. The zero-order valence-electron chi connectivity index (χ0n) is 14.0. The first-order valence-corrected chi connectivity index (χ1v) is 9.07. The number of thiazole rings is 1. The summed E-state index contributed by atoms with van der Waals surface area (Å²) in [7, 11) is 0. The number of halogens is 1. The van der Waals surface area contributed by atoms with Crippen molar-refractivity contribution in [3.63, 3.8) is 0 Å². The molecule has 2 aromatic heterocycles. The van der Waals surface area contributed by atoms with Crippen LogP contribution in [0.1, 0.15) is 46.7 Å². The lowest BCUT2D eigenvalue weighted by Crippen LogP contribution is -2.17. The predicted octanol–water partition coefficient (Wildman–Crippen LogP) is 3.90. The van der Waals surface area contributed by atoms with Crippen LogP contribution in [0.4, 0.5) is 4.39 Å². The van der Waals surface area contributed by atoms with E-state index in [1.807, 2.05) is 6.92 Å². The second-order valence-corrected chi connectivity index (χ2v) is 7.85. The molecular formula is C20H17FN2OS. The summed E-state index contributed by atoms with van der Waals surface area (Å²) in [5, 5.41) is 0. The molecule has 2 unspecified atom stereocenters. The number of rotatable bonds is 3. The van der Waals surface area contributed by atoms with E-state index in [9.17, 15) is 9.18 Å². The van der Waals surface area contributed by atoms with Gasteiger partial charge in [-0.15, -0.1) is 17.8 Å². The van der Waals surface area contributed by atoms with Gasteiger partial charge in [0.1, 0.15) is 5.82 Å². The fourth-order valence-corrected chi connectivity index (χ4v) is 4.45. The van der Waals surface area contributed by atoms with Gasteiger partial charge in [-0.05, 0) is 30.9 Å². The number of fused-ring (bicyclic) bond motifs is 1. The van der Waals surface area contributed by atoms with Crippen molar-refractivity contribution in [3.05, 3.63) is 67.8 Å². The van der Waals surface area contributed by atoms with Crippen LogP contribution in [0.2, 0.25) is 0 Å². The van der Waals surface area contributed by atoms with E-state index in [1.165, 1.54) is 17.4 Å². The van der Waals surface area contributed by atoms with E-state index >= 15 is 0 Å². The van der Waals surface area contributed by atoms with Crippen LogP contribution in [0.15, 0.2) is 29.1 Å². The normalized spacial score (nSPS) is 19.1. The number of terminal acetylenes is 1. The zero-order valence-corrected chi connectivity index (χ0v) is 14.9. The van der Waals surface area contributed by atoms with Crippen molar-refractivity contribution in [1.82, 2.24) is 9.38 Å². The van der Waals surface area contributed by atoms with E-state index in [1.54, 1.807) is 22.6 Å².